The van der Waals surface area contributed by atoms with E-state index in [4.69, 9.17) is 15.6 Å². The van der Waals surface area contributed by atoms with Crippen molar-refractivity contribution in [2.45, 2.75) is 32.1 Å². The SMILES string of the molecule is Nc1ccccc1CCOCCCCCCO. The van der Waals surface area contributed by atoms with Crippen LogP contribution in [0.2, 0.25) is 0 Å². The molecule has 0 amide bonds. The highest BCUT2D eigenvalue weighted by molar-refractivity contribution is 5.46. The minimum Gasteiger partial charge on any atom is -0.399 e. The van der Waals surface area contributed by atoms with Crippen molar-refractivity contribution in [2.75, 3.05) is 25.6 Å². The number of aliphatic hydroxyl groups is 1. The van der Waals surface area contributed by atoms with Gasteiger partial charge < -0.3 is 15.6 Å². The third-order valence-corrected chi connectivity index (χ3v) is 2.77. The molecule has 0 heterocycles. The molecule has 17 heavy (non-hydrogen) atoms. The van der Waals surface area contributed by atoms with Crippen molar-refractivity contribution in [2.24, 2.45) is 0 Å². The summed E-state index contributed by atoms with van der Waals surface area (Å²) >= 11 is 0. The molecule has 1 aromatic carbocycles. The number of unbranched alkanes of at least 4 members (excludes halogenated alkanes) is 3. The van der Waals surface area contributed by atoms with Crippen LogP contribution in [0.1, 0.15) is 31.2 Å². The van der Waals surface area contributed by atoms with Gasteiger partial charge in [0.05, 0.1) is 6.61 Å². The molecule has 0 fully saturated rings. The van der Waals surface area contributed by atoms with Crippen LogP contribution in [0.4, 0.5) is 5.69 Å². The van der Waals surface area contributed by atoms with Crippen LogP contribution in [-0.2, 0) is 11.2 Å². The predicted molar refractivity (Wildman–Crippen MR) is 70.9 cm³/mol. The molecule has 0 spiro atoms. The van der Waals surface area contributed by atoms with Gasteiger partial charge in [-0.2, -0.15) is 0 Å². The largest absolute Gasteiger partial charge is 0.399 e. The summed E-state index contributed by atoms with van der Waals surface area (Å²) in [5.41, 5.74) is 7.84. The van der Waals surface area contributed by atoms with Gasteiger partial charge in [0, 0.05) is 18.9 Å². The number of hydrogen-bond donors (Lipinski definition) is 2. The van der Waals surface area contributed by atoms with Crippen molar-refractivity contribution in [1.82, 2.24) is 0 Å². The number of benzene rings is 1. The molecule has 1 rings (SSSR count). The summed E-state index contributed by atoms with van der Waals surface area (Å²) in [6.45, 7) is 1.83. The number of hydrogen-bond acceptors (Lipinski definition) is 3. The van der Waals surface area contributed by atoms with Crippen LogP contribution >= 0.6 is 0 Å². The second-order valence-corrected chi connectivity index (χ2v) is 4.20. The molecule has 0 atom stereocenters. The molecule has 0 aliphatic heterocycles. The van der Waals surface area contributed by atoms with E-state index in [2.05, 4.69) is 0 Å². The van der Waals surface area contributed by atoms with E-state index in [0.717, 1.165) is 56.6 Å². The number of nitrogens with two attached hydrogens (primary N) is 1. The number of nitrogen functional groups attached to an aromatic ring is 1. The zero-order chi connectivity index (χ0) is 12.3. The van der Waals surface area contributed by atoms with Gasteiger partial charge in [-0.25, -0.2) is 0 Å². The average Bonchev–Trinajstić information content (AvgIpc) is 2.35. The molecule has 0 aliphatic carbocycles. The Bertz CT molecular complexity index is 302. The van der Waals surface area contributed by atoms with Crippen LogP contribution in [-0.4, -0.2) is 24.9 Å². The maximum Gasteiger partial charge on any atom is 0.0507 e. The molecule has 0 bridgehead atoms. The summed E-state index contributed by atoms with van der Waals surface area (Å²) in [5, 5.41) is 8.62. The van der Waals surface area contributed by atoms with Crippen LogP contribution in [0.15, 0.2) is 24.3 Å². The molecule has 1 aromatic rings. The smallest absolute Gasteiger partial charge is 0.0507 e. The molecule has 3 N–H and O–H groups in total. The Morgan fingerprint density at radius 1 is 1.00 bits per heavy atom. The van der Waals surface area contributed by atoms with Gasteiger partial charge in [-0.05, 0) is 30.9 Å². The van der Waals surface area contributed by atoms with Crippen molar-refractivity contribution in [3.05, 3.63) is 29.8 Å². The minimum absolute atomic E-state index is 0.300. The number of rotatable bonds is 9. The van der Waals surface area contributed by atoms with Gasteiger partial charge in [-0.3, -0.25) is 0 Å². The summed E-state index contributed by atoms with van der Waals surface area (Å²) < 4.78 is 5.55. The highest BCUT2D eigenvalue weighted by atomic mass is 16.5. The third kappa shape index (κ3) is 6.29. The summed E-state index contributed by atoms with van der Waals surface area (Å²) in [6.07, 6.45) is 5.08. The fourth-order valence-electron chi connectivity index (χ4n) is 1.72. The number of anilines is 1. The minimum atomic E-state index is 0.300. The summed E-state index contributed by atoms with van der Waals surface area (Å²) in [7, 11) is 0. The molecular formula is C14H23NO2. The maximum atomic E-state index is 8.62. The third-order valence-electron chi connectivity index (χ3n) is 2.77. The first kappa shape index (κ1) is 14.0. The number of ether oxygens (including phenoxy) is 1. The van der Waals surface area contributed by atoms with E-state index in [1.165, 1.54) is 0 Å². The van der Waals surface area contributed by atoms with E-state index in [1.54, 1.807) is 0 Å². The number of para-hydroxylation sites is 1. The first-order chi connectivity index (χ1) is 8.34. The molecule has 3 nitrogen and oxygen atoms in total. The van der Waals surface area contributed by atoms with Crippen molar-refractivity contribution in [3.8, 4) is 0 Å². The van der Waals surface area contributed by atoms with Gasteiger partial charge >= 0.3 is 0 Å². The lowest BCUT2D eigenvalue weighted by Crippen LogP contribution is -2.02. The molecule has 0 aromatic heterocycles. The summed E-state index contributed by atoms with van der Waals surface area (Å²) in [5.74, 6) is 0. The topological polar surface area (TPSA) is 55.5 Å². The second-order valence-electron chi connectivity index (χ2n) is 4.20. The Morgan fingerprint density at radius 2 is 1.76 bits per heavy atom. The lowest BCUT2D eigenvalue weighted by atomic mass is 10.1. The standard InChI is InChI=1S/C14H23NO2/c15-14-8-4-3-7-13(14)9-12-17-11-6-2-1-5-10-16/h3-4,7-8,16H,1-2,5-6,9-12,15H2. The lowest BCUT2D eigenvalue weighted by molar-refractivity contribution is 0.132. The van der Waals surface area contributed by atoms with E-state index in [1.807, 2.05) is 24.3 Å². The van der Waals surface area contributed by atoms with Crippen molar-refractivity contribution >= 4 is 5.69 Å². The molecule has 96 valence electrons. The van der Waals surface area contributed by atoms with Crippen molar-refractivity contribution in [3.63, 3.8) is 0 Å². The Balaban J connectivity index is 1.99. The van der Waals surface area contributed by atoms with Gasteiger partial charge in [0.25, 0.3) is 0 Å². The van der Waals surface area contributed by atoms with E-state index in [-0.39, 0.29) is 0 Å². The fraction of sp³-hybridized carbons (Fsp3) is 0.571. The van der Waals surface area contributed by atoms with Gasteiger partial charge in [-0.1, -0.05) is 31.0 Å². The monoisotopic (exact) mass is 237 g/mol. The van der Waals surface area contributed by atoms with E-state index in [9.17, 15) is 0 Å². The molecule has 3 heteroatoms. The van der Waals surface area contributed by atoms with E-state index < -0.39 is 0 Å². The molecular weight excluding hydrogens is 214 g/mol. The van der Waals surface area contributed by atoms with E-state index >= 15 is 0 Å². The first-order valence-corrected chi connectivity index (χ1v) is 6.36. The highest BCUT2D eigenvalue weighted by Gasteiger charge is 1.97. The Morgan fingerprint density at radius 3 is 2.53 bits per heavy atom. The molecule has 0 saturated carbocycles. The van der Waals surface area contributed by atoms with Crippen LogP contribution in [0.5, 0.6) is 0 Å². The fourth-order valence-corrected chi connectivity index (χ4v) is 1.72. The second kappa shape index (κ2) is 9.02. The van der Waals surface area contributed by atoms with Crippen LogP contribution in [0.3, 0.4) is 0 Å². The van der Waals surface area contributed by atoms with Crippen molar-refractivity contribution in [1.29, 1.82) is 0 Å². The lowest BCUT2D eigenvalue weighted by Gasteiger charge is -2.06. The van der Waals surface area contributed by atoms with Gasteiger partial charge in [0.1, 0.15) is 0 Å². The Hall–Kier alpha value is -1.06. The first-order valence-electron chi connectivity index (χ1n) is 6.36. The van der Waals surface area contributed by atoms with Crippen LogP contribution in [0.25, 0.3) is 0 Å². The molecule has 0 radical (unpaired) electrons. The molecule has 0 saturated heterocycles. The average molecular weight is 237 g/mol. The molecule has 0 aliphatic rings. The normalized spacial score (nSPS) is 10.6. The van der Waals surface area contributed by atoms with Gasteiger partial charge in [-0.15, -0.1) is 0 Å². The predicted octanol–water partition coefficient (Wildman–Crippen LogP) is 2.38. The zero-order valence-electron chi connectivity index (χ0n) is 10.4. The van der Waals surface area contributed by atoms with Crippen molar-refractivity contribution < 1.29 is 9.84 Å². The number of aliphatic hydroxyl groups excluding tert-OH is 1. The van der Waals surface area contributed by atoms with E-state index in [0.29, 0.717) is 6.61 Å². The zero-order valence-corrected chi connectivity index (χ0v) is 10.4. The Labute approximate surface area is 104 Å². The highest BCUT2D eigenvalue weighted by Crippen LogP contribution is 2.11. The quantitative estimate of drug-likeness (QED) is 0.512. The van der Waals surface area contributed by atoms with Gasteiger partial charge in [0.15, 0.2) is 0 Å². The molecule has 0 unspecified atom stereocenters. The van der Waals surface area contributed by atoms with Gasteiger partial charge in [0.2, 0.25) is 0 Å². The summed E-state index contributed by atoms with van der Waals surface area (Å²) in [4.78, 5) is 0. The maximum absolute atomic E-state index is 8.62. The summed E-state index contributed by atoms with van der Waals surface area (Å²) in [6, 6.07) is 7.91. The van der Waals surface area contributed by atoms with Crippen LogP contribution in [0, 0.1) is 0 Å². The Kier molecular flexibility index (Phi) is 7.43. The van der Waals surface area contributed by atoms with Crippen LogP contribution < -0.4 is 5.73 Å².